The van der Waals surface area contributed by atoms with E-state index in [1.165, 1.54) is 0 Å². The maximum absolute atomic E-state index is 0. The van der Waals surface area contributed by atoms with Crippen molar-refractivity contribution in [2.45, 2.75) is 0 Å². The summed E-state index contributed by atoms with van der Waals surface area (Å²) in [4.78, 5) is 0. The molecule has 0 aliphatic heterocycles. The van der Waals surface area contributed by atoms with Crippen LogP contribution in [-0.4, -0.2) is 86.9 Å². The third-order valence-corrected chi connectivity index (χ3v) is 0. The molecule has 0 aromatic carbocycles. The monoisotopic (exact) mass is 364 g/mol. The van der Waals surface area contributed by atoms with Crippen molar-refractivity contribution in [1.82, 2.24) is 0 Å². The second-order valence-corrected chi connectivity index (χ2v) is 0. The molecule has 7 heavy (non-hydrogen) atoms. The van der Waals surface area contributed by atoms with E-state index in [1.54, 1.807) is 0 Å². The molecule has 0 saturated heterocycles. The molecule has 4 N–H and O–H groups in total. The van der Waals surface area contributed by atoms with Gasteiger partial charge < -0.3 is 21.9 Å². The van der Waals surface area contributed by atoms with Crippen LogP contribution >= 0.6 is 0 Å². The molecule has 0 spiro atoms. The fraction of sp³-hybridized carbons (Fsp3) is 0. The van der Waals surface area contributed by atoms with Gasteiger partial charge in [-0.25, -0.2) is 0 Å². The van der Waals surface area contributed by atoms with Crippen molar-refractivity contribution in [3.8, 4) is 0 Å². The second kappa shape index (κ2) is 69.8. The molecule has 0 fully saturated rings. The van der Waals surface area contributed by atoms with Crippen molar-refractivity contribution in [3.63, 3.8) is 0 Å². The molecular formula is H4CaO4PbTi-2. The average molecular weight is 363 g/mol. The summed E-state index contributed by atoms with van der Waals surface area (Å²) in [5.41, 5.74) is 0. The van der Waals surface area contributed by atoms with Crippen molar-refractivity contribution >= 4 is 65.0 Å². The maximum atomic E-state index is 0. The summed E-state index contributed by atoms with van der Waals surface area (Å²) in [7, 11) is 0. The minimum atomic E-state index is 0. The number of hydrogen-bond acceptors (Lipinski definition) is 4. The molecule has 0 unspecified atom stereocenters. The van der Waals surface area contributed by atoms with Gasteiger partial charge >= 0.3 is 37.7 Å². The topological polar surface area (TPSA) is 120 Å². The Morgan fingerprint density at radius 3 is 0.571 bits per heavy atom. The summed E-state index contributed by atoms with van der Waals surface area (Å²) in [5.74, 6) is 0. The zero-order chi connectivity index (χ0) is 0. The summed E-state index contributed by atoms with van der Waals surface area (Å²) < 4.78 is 0. The fourth-order valence-corrected chi connectivity index (χ4v) is 0. The van der Waals surface area contributed by atoms with Gasteiger partial charge in [-0.15, -0.1) is 0 Å². The molecule has 0 amide bonds. The number of hydrogen-bond donors (Lipinski definition) is 0. The van der Waals surface area contributed by atoms with Crippen LogP contribution in [-0.2, 0) is 21.7 Å². The van der Waals surface area contributed by atoms with E-state index >= 15 is 0 Å². The molecule has 0 bridgehead atoms. The first-order chi connectivity index (χ1) is 0. The quantitative estimate of drug-likeness (QED) is 0.488. The van der Waals surface area contributed by atoms with E-state index in [9.17, 15) is 0 Å². The van der Waals surface area contributed by atoms with E-state index in [0.29, 0.717) is 0 Å². The Morgan fingerprint density at radius 1 is 0.571 bits per heavy atom. The van der Waals surface area contributed by atoms with Crippen molar-refractivity contribution in [2.75, 3.05) is 0 Å². The van der Waals surface area contributed by atoms with Crippen LogP contribution in [0.1, 0.15) is 0 Å². The Labute approximate surface area is 107 Å². The molecule has 0 atom stereocenters. The molecule has 0 aromatic rings. The van der Waals surface area contributed by atoms with Gasteiger partial charge in [0.2, 0.25) is 0 Å². The molecular weight excluding hydrogens is 359 g/mol. The van der Waals surface area contributed by atoms with Crippen molar-refractivity contribution < 1.29 is 43.6 Å². The van der Waals surface area contributed by atoms with Crippen LogP contribution in [0.5, 0.6) is 0 Å². The van der Waals surface area contributed by atoms with Crippen LogP contribution in [0.25, 0.3) is 0 Å². The van der Waals surface area contributed by atoms with Crippen LogP contribution in [0.15, 0.2) is 0 Å². The Kier molecular flexibility index (Phi) is 990. The van der Waals surface area contributed by atoms with E-state index in [2.05, 4.69) is 0 Å². The van der Waals surface area contributed by atoms with Crippen LogP contribution in [0, 0.1) is 0 Å². The van der Waals surface area contributed by atoms with Crippen molar-refractivity contribution in [1.29, 1.82) is 0 Å². The van der Waals surface area contributed by atoms with Crippen LogP contribution in [0.2, 0.25) is 0 Å². The van der Waals surface area contributed by atoms with Crippen LogP contribution in [0.4, 0.5) is 0 Å². The zero-order valence-corrected chi connectivity index (χ0v) is 11.2. The van der Waals surface area contributed by atoms with Gasteiger partial charge in [0.05, 0.1) is 0 Å². The van der Waals surface area contributed by atoms with Crippen molar-refractivity contribution in [2.24, 2.45) is 0 Å². The summed E-state index contributed by atoms with van der Waals surface area (Å²) >= 11 is 0. The smallest absolute Gasteiger partial charge is 0.870 e. The molecule has 4 radical (unpaired) electrons. The second-order valence-electron chi connectivity index (χ2n) is 0. The van der Waals surface area contributed by atoms with Gasteiger partial charge in [-0.2, -0.15) is 0 Å². The molecule has 0 aromatic heterocycles. The van der Waals surface area contributed by atoms with Gasteiger partial charge in [0.15, 0.2) is 0 Å². The summed E-state index contributed by atoms with van der Waals surface area (Å²) in [6.45, 7) is 0. The van der Waals surface area contributed by atoms with Gasteiger partial charge in [0, 0.05) is 49.0 Å². The molecule has 0 rings (SSSR count). The third kappa shape index (κ3) is 53.0. The first kappa shape index (κ1) is 99.3. The molecule has 40 valence electrons. The summed E-state index contributed by atoms with van der Waals surface area (Å²) in [5, 5.41) is 0. The van der Waals surface area contributed by atoms with Crippen LogP contribution in [0.3, 0.4) is 0 Å². The van der Waals surface area contributed by atoms with Gasteiger partial charge in [-0.3, -0.25) is 0 Å². The molecule has 7 heteroatoms. The largest absolute Gasteiger partial charge is 2.00 e. The van der Waals surface area contributed by atoms with E-state index < -0.39 is 0 Å². The van der Waals surface area contributed by atoms with Gasteiger partial charge in [-0.1, -0.05) is 0 Å². The standard InChI is InChI=1S/Ca.4H2O.Pb.Ti/h;4*1H2;;/q+2;;;;;;/p-4. The minimum absolute atomic E-state index is 0. The normalized spacial score (nSPS) is 0. The summed E-state index contributed by atoms with van der Waals surface area (Å²) in [6, 6.07) is 0. The van der Waals surface area contributed by atoms with E-state index in [-0.39, 0.29) is 109 Å². The van der Waals surface area contributed by atoms with Crippen molar-refractivity contribution in [3.05, 3.63) is 0 Å². The Morgan fingerprint density at radius 2 is 0.571 bits per heavy atom. The van der Waals surface area contributed by atoms with E-state index in [0.717, 1.165) is 0 Å². The molecule has 0 aliphatic rings. The van der Waals surface area contributed by atoms with Gasteiger partial charge in [0.1, 0.15) is 0 Å². The predicted octanol–water partition coefficient (Wildman–Crippen LogP) is -1.47. The zero-order valence-electron chi connectivity index (χ0n) is 3.50. The molecule has 0 heterocycles. The molecule has 4 nitrogen and oxygen atoms in total. The van der Waals surface area contributed by atoms with E-state index in [1.807, 2.05) is 0 Å². The minimum Gasteiger partial charge on any atom is -0.870 e. The van der Waals surface area contributed by atoms with Crippen LogP contribution < -0.4 is 0 Å². The molecule has 0 saturated carbocycles. The van der Waals surface area contributed by atoms with Gasteiger partial charge in [-0.05, 0) is 0 Å². The SMILES string of the molecule is [Ca+2].[OH-].[OH-].[OH-].[OH-].[Pb].[Ti]. The Balaban J connectivity index is 0. The van der Waals surface area contributed by atoms with E-state index in [4.69, 9.17) is 0 Å². The molecule has 0 aliphatic carbocycles. The Bertz CT molecular complexity index is 11.7. The average Bonchev–Trinajstić information content (AvgIpc) is 0. The predicted molar refractivity (Wildman–Crippen MR) is 19.3 cm³/mol. The maximum Gasteiger partial charge on any atom is 2.00 e. The third-order valence-electron chi connectivity index (χ3n) is 0. The van der Waals surface area contributed by atoms with Gasteiger partial charge in [0.25, 0.3) is 0 Å². The Hall–Kier alpha value is 2.74. The summed E-state index contributed by atoms with van der Waals surface area (Å²) in [6.07, 6.45) is 0. The number of rotatable bonds is 0. The first-order valence-corrected chi connectivity index (χ1v) is 0. The fourth-order valence-electron chi connectivity index (χ4n) is 0. The first-order valence-electron chi connectivity index (χ1n) is 0.